The highest BCUT2D eigenvalue weighted by atomic mass is 79.9. The molecule has 1 heterocycles. The molecule has 0 bridgehead atoms. The van der Waals surface area contributed by atoms with E-state index in [-0.39, 0.29) is 0 Å². The fourth-order valence-corrected chi connectivity index (χ4v) is 3.07. The molecule has 0 radical (unpaired) electrons. The Hall–Kier alpha value is -1.03. The third-order valence-electron chi connectivity index (χ3n) is 3.36. The summed E-state index contributed by atoms with van der Waals surface area (Å²) >= 11 is 3.33. The van der Waals surface area contributed by atoms with Gasteiger partial charge in [-0.15, -0.1) is 0 Å². The van der Waals surface area contributed by atoms with Crippen LogP contribution in [-0.2, 0) is 0 Å². The van der Waals surface area contributed by atoms with Gasteiger partial charge in [0.2, 0.25) is 0 Å². The number of benzene rings is 1. The van der Waals surface area contributed by atoms with Gasteiger partial charge in [-0.1, -0.05) is 13.0 Å². The fourth-order valence-electron chi connectivity index (χ4n) is 2.54. The number of hydrogen-bond donors (Lipinski definition) is 1. The second kappa shape index (κ2) is 5.08. The van der Waals surface area contributed by atoms with E-state index in [1.165, 1.54) is 0 Å². The van der Waals surface area contributed by atoms with Crippen molar-refractivity contribution in [1.82, 2.24) is 0 Å². The molecule has 0 aromatic heterocycles. The molecule has 2 rings (SSSR count). The summed E-state index contributed by atoms with van der Waals surface area (Å²) in [5.74, 6) is -0.866. The van der Waals surface area contributed by atoms with Crippen LogP contribution in [0.1, 0.15) is 36.5 Å². The topological polar surface area (TPSA) is 40.5 Å². The Bertz CT molecular complexity index is 433. The third kappa shape index (κ3) is 2.32. The van der Waals surface area contributed by atoms with Crippen LogP contribution >= 0.6 is 15.9 Å². The zero-order valence-electron chi connectivity index (χ0n) is 9.82. The molecule has 1 aliphatic heterocycles. The summed E-state index contributed by atoms with van der Waals surface area (Å²) in [5, 5.41) is 9.31. The van der Waals surface area contributed by atoms with Gasteiger partial charge in [-0.3, -0.25) is 0 Å². The maximum atomic E-state index is 11.3. The summed E-state index contributed by atoms with van der Waals surface area (Å²) in [6.45, 7) is 3.11. The van der Waals surface area contributed by atoms with Gasteiger partial charge in [0.05, 0.1) is 11.3 Å². The summed E-state index contributed by atoms with van der Waals surface area (Å²) in [4.78, 5) is 13.6. The van der Waals surface area contributed by atoms with Crippen LogP contribution in [0.5, 0.6) is 0 Å². The highest BCUT2D eigenvalue weighted by Crippen LogP contribution is 2.33. The lowest BCUT2D eigenvalue weighted by molar-refractivity contribution is 0.0696. The molecule has 4 heteroatoms. The van der Waals surface area contributed by atoms with Gasteiger partial charge in [0.15, 0.2) is 0 Å². The summed E-state index contributed by atoms with van der Waals surface area (Å²) in [7, 11) is 0. The van der Waals surface area contributed by atoms with Crippen LogP contribution in [0.25, 0.3) is 0 Å². The van der Waals surface area contributed by atoms with Gasteiger partial charge in [-0.25, -0.2) is 4.79 Å². The molecule has 1 saturated heterocycles. The minimum absolute atomic E-state index is 0.382. The first-order valence-corrected chi connectivity index (χ1v) is 6.73. The standard InChI is InChI=1S/C13H16BrNO2/c1-2-9-5-4-8-15(9)11-7-3-6-10(14)12(11)13(16)17/h3,6-7,9H,2,4-5,8H2,1H3,(H,16,17). The van der Waals surface area contributed by atoms with Crippen molar-refractivity contribution in [2.45, 2.75) is 32.2 Å². The van der Waals surface area contributed by atoms with E-state index in [1.807, 2.05) is 12.1 Å². The molecule has 1 aromatic rings. The first-order valence-electron chi connectivity index (χ1n) is 5.93. The number of carbonyl (C=O) groups is 1. The molecule has 92 valence electrons. The zero-order valence-corrected chi connectivity index (χ0v) is 11.4. The molecule has 1 aliphatic rings. The van der Waals surface area contributed by atoms with Crippen LogP contribution in [-0.4, -0.2) is 23.7 Å². The number of anilines is 1. The average molecular weight is 298 g/mol. The van der Waals surface area contributed by atoms with Crippen molar-refractivity contribution in [3.05, 3.63) is 28.2 Å². The van der Waals surface area contributed by atoms with Crippen molar-refractivity contribution >= 4 is 27.6 Å². The van der Waals surface area contributed by atoms with Gasteiger partial charge in [-0.05, 0) is 47.3 Å². The lowest BCUT2D eigenvalue weighted by atomic mass is 10.1. The van der Waals surface area contributed by atoms with Gasteiger partial charge < -0.3 is 10.0 Å². The summed E-state index contributed by atoms with van der Waals surface area (Å²) in [5.41, 5.74) is 1.23. The van der Waals surface area contributed by atoms with Crippen molar-refractivity contribution in [3.8, 4) is 0 Å². The molecule has 0 amide bonds. The van der Waals surface area contributed by atoms with E-state index in [2.05, 4.69) is 27.8 Å². The van der Waals surface area contributed by atoms with Crippen molar-refractivity contribution in [2.24, 2.45) is 0 Å². The SMILES string of the molecule is CCC1CCCN1c1cccc(Br)c1C(=O)O. The molecule has 0 saturated carbocycles. The van der Waals surface area contributed by atoms with Gasteiger partial charge >= 0.3 is 5.97 Å². The van der Waals surface area contributed by atoms with E-state index in [9.17, 15) is 9.90 Å². The molecular formula is C13H16BrNO2. The van der Waals surface area contributed by atoms with Crippen LogP contribution < -0.4 is 4.90 Å². The molecule has 1 atom stereocenters. The second-order valence-electron chi connectivity index (χ2n) is 4.34. The van der Waals surface area contributed by atoms with Crippen LogP contribution in [0.3, 0.4) is 0 Å². The molecule has 0 spiro atoms. The Morgan fingerprint density at radius 1 is 1.59 bits per heavy atom. The number of hydrogen-bond acceptors (Lipinski definition) is 2. The lowest BCUT2D eigenvalue weighted by Crippen LogP contribution is -2.30. The van der Waals surface area contributed by atoms with E-state index in [1.54, 1.807) is 6.07 Å². The third-order valence-corrected chi connectivity index (χ3v) is 4.02. The summed E-state index contributed by atoms with van der Waals surface area (Å²) in [6, 6.07) is 6.06. The van der Waals surface area contributed by atoms with Crippen molar-refractivity contribution < 1.29 is 9.90 Å². The number of aromatic carboxylic acids is 1. The van der Waals surface area contributed by atoms with E-state index in [4.69, 9.17) is 0 Å². The van der Waals surface area contributed by atoms with Crippen LogP contribution in [0.15, 0.2) is 22.7 Å². The molecule has 3 nitrogen and oxygen atoms in total. The minimum atomic E-state index is -0.866. The average Bonchev–Trinajstić information content (AvgIpc) is 2.75. The van der Waals surface area contributed by atoms with Gasteiger partial charge in [0, 0.05) is 17.1 Å². The number of nitrogens with zero attached hydrogens (tertiary/aromatic N) is 1. The van der Waals surface area contributed by atoms with Crippen LogP contribution in [0.2, 0.25) is 0 Å². The van der Waals surface area contributed by atoms with Gasteiger partial charge in [-0.2, -0.15) is 0 Å². The zero-order chi connectivity index (χ0) is 12.4. The van der Waals surface area contributed by atoms with E-state index < -0.39 is 5.97 Å². The van der Waals surface area contributed by atoms with Gasteiger partial charge in [0.1, 0.15) is 0 Å². The molecule has 1 unspecified atom stereocenters. The number of halogens is 1. The first kappa shape index (κ1) is 12.4. The lowest BCUT2D eigenvalue weighted by Gasteiger charge is -2.27. The normalized spacial score (nSPS) is 19.6. The van der Waals surface area contributed by atoms with Crippen LogP contribution in [0.4, 0.5) is 5.69 Å². The largest absolute Gasteiger partial charge is 0.478 e. The molecule has 0 aliphatic carbocycles. The first-order chi connectivity index (χ1) is 8.15. The quantitative estimate of drug-likeness (QED) is 0.928. The molecule has 1 fully saturated rings. The Labute approximate surface area is 110 Å². The monoisotopic (exact) mass is 297 g/mol. The molecule has 1 aromatic carbocycles. The highest BCUT2D eigenvalue weighted by molar-refractivity contribution is 9.10. The summed E-state index contributed by atoms with van der Waals surface area (Å²) < 4.78 is 0.657. The highest BCUT2D eigenvalue weighted by Gasteiger charge is 2.27. The number of carboxylic acids is 1. The molecular weight excluding hydrogens is 282 g/mol. The predicted molar refractivity (Wildman–Crippen MR) is 71.8 cm³/mol. The maximum absolute atomic E-state index is 11.3. The van der Waals surface area contributed by atoms with Gasteiger partial charge in [0.25, 0.3) is 0 Å². The van der Waals surface area contributed by atoms with Crippen molar-refractivity contribution in [2.75, 3.05) is 11.4 Å². The van der Waals surface area contributed by atoms with E-state index in [0.717, 1.165) is 31.5 Å². The Morgan fingerprint density at radius 2 is 2.35 bits per heavy atom. The minimum Gasteiger partial charge on any atom is -0.478 e. The van der Waals surface area contributed by atoms with E-state index in [0.29, 0.717) is 16.1 Å². The van der Waals surface area contributed by atoms with Crippen molar-refractivity contribution in [1.29, 1.82) is 0 Å². The van der Waals surface area contributed by atoms with E-state index >= 15 is 0 Å². The maximum Gasteiger partial charge on any atom is 0.338 e. The number of carboxylic acid groups (broad SMARTS) is 1. The Balaban J connectivity index is 2.44. The van der Waals surface area contributed by atoms with Crippen molar-refractivity contribution in [3.63, 3.8) is 0 Å². The smallest absolute Gasteiger partial charge is 0.338 e. The van der Waals surface area contributed by atoms with Crippen LogP contribution in [0, 0.1) is 0 Å². The number of rotatable bonds is 3. The summed E-state index contributed by atoms with van der Waals surface area (Å²) in [6.07, 6.45) is 3.36. The predicted octanol–water partition coefficient (Wildman–Crippen LogP) is 3.53. The Morgan fingerprint density at radius 3 is 3.00 bits per heavy atom. The second-order valence-corrected chi connectivity index (χ2v) is 5.19. The Kier molecular flexibility index (Phi) is 3.72. The molecule has 17 heavy (non-hydrogen) atoms. The fraction of sp³-hybridized carbons (Fsp3) is 0.462. The molecule has 1 N–H and O–H groups in total.